The number of aromatic nitrogens is 4. The van der Waals surface area contributed by atoms with E-state index >= 15 is 0 Å². The van der Waals surface area contributed by atoms with Crippen LogP contribution in [0.5, 0.6) is 0 Å². The summed E-state index contributed by atoms with van der Waals surface area (Å²) in [6, 6.07) is 2.64. The predicted octanol–water partition coefficient (Wildman–Crippen LogP) is -0.601. The number of fused-ring (bicyclic) bond motifs is 1. The van der Waals surface area contributed by atoms with E-state index in [1.807, 2.05) is 0 Å². The molecule has 0 saturated heterocycles. The first-order valence-electron chi connectivity index (χ1n) is 8.89. The van der Waals surface area contributed by atoms with E-state index < -0.39 is 34.8 Å². The summed E-state index contributed by atoms with van der Waals surface area (Å²) in [6.07, 6.45) is 3.01. The molecule has 0 fully saturated rings. The quantitative estimate of drug-likeness (QED) is 0.237. The Kier molecular flexibility index (Phi) is 6.12. The van der Waals surface area contributed by atoms with E-state index in [1.165, 1.54) is 53.7 Å². The number of allylic oxidation sites excluding steroid dienone is 1. The highest BCUT2D eigenvalue weighted by atomic mass is 16.6. The van der Waals surface area contributed by atoms with Crippen molar-refractivity contribution < 1.29 is 19.6 Å². The van der Waals surface area contributed by atoms with Crippen LogP contribution in [0, 0.1) is 10.1 Å². The zero-order valence-corrected chi connectivity index (χ0v) is 16.5. The fourth-order valence-corrected chi connectivity index (χ4v) is 2.78. The first kappa shape index (κ1) is 21.7. The van der Waals surface area contributed by atoms with Crippen LogP contribution in [0.25, 0.3) is 17.2 Å². The molecule has 0 aliphatic carbocycles. The van der Waals surface area contributed by atoms with Crippen molar-refractivity contribution in [1.82, 2.24) is 18.7 Å². The number of aliphatic hydroxyl groups is 2. The van der Waals surface area contributed by atoms with Crippen molar-refractivity contribution in [2.75, 3.05) is 12.0 Å². The summed E-state index contributed by atoms with van der Waals surface area (Å²) in [5.41, 5.74) is 1.55. The van der Waals surface area contributed by atoms with Crippen molar-refractivity contribution >= 4 is 35.3 Å². The van der Waals surface area contributed by atoms with E-state index in [2.05, 4.69) is 15.5 Å². The molecular weight excluding hydrogens is 414 g/mol. The summed E-state index contributed by atoms with van der Waals surface area (Å²) in [5.74, 6) is -0.0906. The third kappa shape index (κ3) is 4.29. The Hall–Kier alpha value is -4.04. The maximum Gasteiger partial charge on any atom is 0.433 e. The number of anilines is 1. The Morgan fingerprint density at radius 3 is 2.74 bits per heavy atom. The minimum atomic E-state index is -1.18. The van der Waals surface area contributed by atoms with Crippen LogP contribution in [0.3, 0.4) is 0 Å². The molecule has 3 aromatic heterocycles. The second-order valence-corrected chi connectivity index (χ2v) is 6.44. The summed E-state index contributed by atoms with van der Waals surface area (Å²) in [5, 5.41) is 33.6. The van der Waals surface area contributed by atoms with Gasteiger partial charge in [0.05, 0.1) is 25.3 Å². The van der Waals surface area contributed by atoms with Gasteiger partial charge < -0.3 is 19.2 Å². The maximum absolute atomic E-state index is 12.6. The summed E-state index contributed by atoms with van der Waals surface area (Å²) in [4.78, 5) is 38.9. The van der Waals surface area contributed by atoms with Gasteiger partial charge in [-0.2, -0.15) is 10.1 Å². The number of aliphatic hydroxyl groups excluding tert-OH is 2. The highest BCUT2D eigenvalue weighted by molar-refractivity contribution is 5.79. The largest absolute Gasteiger partial charge is 0.433 e. The second-order valence-electron chi connectivity index (χ2n) is 6.44. The molecule has 14 nitrogen and oxygen atoms in total. The Morgan fingerprint density at radius 1 is 1.35 bits per heavy atom. The molecule has 3 heterocycles. The fourth-order valence-electron chi connectivity index (χ4n) is 2.78. The van der Waals surface area contributed by atoms with Gasteiger partial charge in [0.25, 0.3) is 5.56 Å². The molecule has 0 aliphatic heterocycles. The SMILES string of the molecule is Cn1c(=O)c2c(nc(N/N=C/C=C/c3ccc([N+](=O)[O-])o3)n2CC(O)CO)n(C)c1=O. The second kappa shape index (κ2) is 8.76. The van der Waals surface area contributed by atoms with Gasteiger partial charge in [-0.25, -0.2) is 10.2 Å². The number of nitro groups is 1. The number of imidazole rings is 1. The molecular formula is C17H19N7O7. The first-order chi connectivity index (χ1) is 14.7. The number of hydrogen-bond acceptors (Lipinski definition) is 10. The van der Waals surface area contributed by atoms with Gasteiger partial charge in [0, 0.05) is 20.3 Å². The topological polar surface area (TPSA) is 183 Å². The molecule has 3 N–H and O–H groups in total. The van der Waals surface area contributed by atoms with Crippen molar-refractivity contribution in [3.8, 4) is 0 Å². The van der Waals surface area contributed by atoms with E-state index in [9.17, 15) is 29.9 Å². The lowest BCUT2D eigenvalue weighted by Gasteiger charge is -2.12. The molecule has 1 atom stereocenters. The summed E-state index contributed by atoms with van der Waals surface area (Å²) < 4.78 is 8.37. The summed E-state index contributed by atoms with van der Waals surface area (Å²) >= 11 is 0. The van der Waals surface area contributed by atoms with Crippen molar-refractivity contribution in [2.45, 2.75) is 12.6 Å². The van der Waals surface area contributed by atoms with E-state index in [0.717, 1.165) is 4.57 Å². The number of nitrogens with zero attached hydrogens (tertiary/aromatic N) is 6. The normalized spacial score (nSPS) is 12.9. The number of nitrogens with one attached hydrogen (secondary N) is 1. The molecule has 31 heavy (non-hydrogen) atoms. The van der Waals surface area contributed by atoms with Crippen molar-refractivity contribution in [2.24, 2.45) is 19.2 Å². The van der Waals surface area contributed by atoms with Crippen LogP contribution in [0.15, 0.2) is 37.3 Å². The molecule has 0 saturated carbocycles. The number of hydrogen-bond donors (Lipinski definition) is 3. The molecule has 0 amide bonds. The lowest BCUT2D eigenvalue weighted by Crippen LogP contribution is -2.38. The lowest BCUT2D eigenvalue weighted by molar-refractivity contribution is -0.402. The first-order valence-corrected chi connectivity index (χ1v) is 8.89. The van der Waals surface area contributed by atoms with Crippen molar-refractivity contribution in [1.29, 1.82) is 0 Å². The van der Waals surface area contributed by atoms with Gasteiger partial charge in [-0.1, -0.05) is 0 Å². The average molecular weight is 433 g/mol. The molecule has 0 aliphatic rings. The zero-order chi connectivity index (χ0) is 22.7. The molecule has 0 spiro atoms. The van der Waals surface area contributed by atoms with E-state index in [-0.39, 0.29) is 29.4 Å². The Bertz CT molecular complexity index is 1290. The molecule has 0 aromatic carbocycles. The third-order valence-corrected chi connectivity index (χ3v) is 4.33. The molecule has 164 valence electrons. The van der Waals surface area contributed by atoms with Gasteiger partial charge in [-0.05, 0) is 18.2 Å². The van der Waals surface area contributed by atoms with E-state index in [0.29, 0.717) is 0 Å². The van der Waals surface area contributed by atoms with Gasteiger partial charge in [-0.3, -0.25) is 24.0 Å². The van der Waals surface area contributed by atoms with Gasteiger partial charge >= 0.3 is 11.6 Å². The Morgan fingerprint density at radius 2 is 2.10 bits per heavy atom. The highest BCUT2D eigenvalue weighted by Gasteiger charge is 2.20. The monoisotopic (exact) mass is 433 g/mol. The van der Waals surface area contributed by atoms with E-state index in [4.69, 9.17) is 4.42 Å². The molecule has 3 rings (SSSR count). The number of rotatable bonds is 8. The Balaban J connectivity index is 1.91. The maximum atomic E-state index is 12.6. The molecule has 3 aromatic rings. The predicted molar refractivity (Wildman–Crippen MR) is 110 cm³/mol. The van der Waals surface area contributed by atoms with Crippen LogP contribution in [0.1, 0.15) is 5.76 Å². The van der Waals surface area contributed by atoms with E-state index in [1.54, 1.807) is 0 Å². The molecule has 0 radical (unpaired) electrons. The number of hydrazone groups is 1. The van der Waals surface area contributed by atoms with Crippen LogP contribution >= 0.6 is 0 Å². The van der Waals surface area contributed by atoms with Crippen LogP contribution in [-0.4, -0.2) is 52.7 Å². The molecule has 0 bridgehead atoms. The van der Waals surface area contributed by atoms with Crippen LogP contribution in [0.4, 0.5) is 11.8 Å². The van der Waals surface area contributed by atoms with Crippen LogP contribution in [0.2, 0.25) is 0 Å². The molecule has 14 heteroatoms. The van der Waals surface area contributed by atoms with Crippen molar-refractivity contribution in [3.05, 3.63) is 54.9 Å². The number of aryl methyl sites for hydroxylation is 1. The molecule has 1 unspecified atom stereocenters. The summed E-state index contributed by atoms with van der Waals surface area (Å²) in [6.45, 7) is -0.726. The zero-order valence-electron chi connectivity index (χ0n) is 16.5. The van der Waals surface area contributed by atoms with Crippen LogP contribution < -0.4 is 16.7 Å². The summed E-state index contributed by atoms with van der Waals surface area (Å²) in [7, 11) is 2.77. The highest BCUT2D eigenvalue weighted by Crippen LogP contribution is 2.17. The van der Waals surface area contributed by atoms with Gasteiger partial charge in [0.2, 0.25) is 5.95 Å². The van der Waals surface area contributed by atoms with Crippen LogP contribution in [-0.2, 0) is 20.6 Å². The lowest BCUT2D eigenvalue weighted by atomic mass is 10.3. The average Bonchev–Trinajstić information content (AvgIpc) is 3.36. The Labute approximate surface area is 173 Å². The van der Waals surface area contributed by atoms with Gasteiger partial charge in [0.15, 0.2) is 11.2 Å². The fraction of sp³-hybridized carbons (Fsp3) is 0.294. The number of furan rings is 1. The van der Waals surface area contributed by atoms with Crippen molar-refractivity contribution in [3.63, 3.8) is 0 Å². The minimum Gasteiger partial charge on any atom is -0.401 e. The standard InChI is InChI=1S/C17H19N7O7/c1-21-14-13(15(27)22(2)17(21)28)23(8-10(26)9-25)16(19-14)20-18-7-3-4-11-5-6-12(31-11)24(29)30/h3-7,10,25-26H,8-9H2,1-2H3,(H,19,20)/b4-3+,18-7+. The third-order valence-electron chi connectivity index (χ3n) is 4.33. The smallest absolute Gasteiger partial charge is 0.401 e. The minimum absolute atomic E-state index is 0.0493. The van der Waals surface area contributed by atoms with Gasteiger partial charge in [0.1, 0.15) is 10.7 Å². The van der Waals surface area contributed by atoms with Gasteiger partial charge in [-0.15, -0.1) is 0 Å².